The van der Waals surface area contributed by atoms with Gasteiger partial charge in [-0.1, -0.05) is 17.7 Å². The van der Waals surface area contributed by atoms with E-state index >= 15 is 0 Å². The number of pyridine rings is 1. The van der Waals surface area contributed by atoms with Gasteiger partial charge in [-0.2, -0.15) is 13.2 Å². The maximum atomic E-state index is 11.8. The fourth-order valence-corrected chi connectivity index (χ4v) is 1.15. The third-order valence-corrected chi connectivity index (χ3v) is 1.80. The molecular formula is C9H9ClF3N3O. The largest absolute Gasteiger partial charge is 0.401 e. The second kappa shape index (κ2) is 5.83. The highest BCUT2D eigenvalue weighted by molar-refractivity contribution is 6.29. The molecule has 0 aliphatic carbocycles. The van der Waals surface area contributed by atoms with Crippen LogP contribution >= 0.6 is 11.6 Å². The summed E-state index contributed by atoms with van der Waals surface area (Å²) in [6, 6.07) is 4.56. The SMILES string of the molecule is O=C(CNCC(F)(F)F)Nc1cccc(Cl)n1. The van der Waals surface area contributed by atoms with Gasteiger partial charge in [0.25, 0.3) is 0 Å². The number of carbonyl (C=O) groups is 1. The van der Waals surface area contributed by atoms with Crippen molar-refractivity contribution in [2.45, 2.75) is 6.18 Å². The molecule has 1 aromatic rings. The first-order chi connectivity index (χ1) is 7.87. The highest BCUT2D eigenvalue weighted by Crippen LogP contribution is 2.12. The van der Waals surface area contributed by atoms with E-state index in [1.54, 1.807) is 6.07 Å². The number of nitrogens with one attached hydrogen (secondary N) is 2. The molecule has 0 saturated heterocycles. The maximum Gasteiger partial charge on any atom is 0.401 e. The summed E-state index contributed by atoms with van der Waals surface area (Å²) >= 11 is 5.57. The number of hydrogen-bond acceptors (Lipinski definition) is 3. The summed E-state index contributed by atoms with van der Waals surface area (Å²) < 4.78 is 35.3. The summed E-state index contributed by atoms with van der Waals surface area (Å²) in [6.45, 7) is -1.67. The zero-order valence-corrected chi connectivity index (χ0v) is 9.27. The molecule has 1 rings (SSSR count). The van der Waals surface area contributed by atoms with E-state index in [4.69, 9.17) is 11.6 Å². The molecule has 1 aromatic heterocycles. The van der Waals surface area contributed by atoms with Gasteiger partial charge < -0.3 is 10.6 Å². The van der Waals surface area contributed by atoms with Crippen LogP contribution in [0.5, 0.6) is 0 Å². The zero-order valence-electron chi connectivity index (χ0n) is 8.51. The molecule has 17 heavy (non-hydrogen) atoms. The number of carbonyl (C=O) groups excluding carboxylic acids is 1. The van der Waals surface area contributed by atoms with E-state index in [0.29, 0.717) is 0 Å². The van der Waals surface area contributed by atoms with Crippen LogP contribution in [0.4, 0.5) is 19.0 Å². The van der Waals surface area contributed by atoms with Crippen LogP contribution < -0.4 is 10.6 Å². The van der Waals surface area contributed by atoms with Gasteiger partial charge in [0.05, 0.1) is 13.1 Å². The van der Waals surface area contributed by atoms with Crippen molar-refractivity contribution >= 4 is 23.3 Å². The first-order valence-electron chi connectivity index (χ1n) is 4.57. The van der Waals surface area contributed by atoms with Crippen LogP contribution in [0.25, 0.3) is 0 Å². The standard InChI is InChI=1S/C9H9ClF3N3O/c10-6-2-1-3-7(15-6)16-8(17)4-14-5-9(11,12)13/h1-3,14H,4-5H2,(H,15,16,17). The minimum absolute atomic E-state index is 0.186. The molecule has 0 bridgehead atoms. The van der Waals surface area contributed by atoms with E-state index in [1.165, 1.54) is 12.1 Å². The number of alkyl halides is 3. The van der Waals surface area contributed by atoms with Gasteiger partial charge in [-0.05, 0) is 12.1 Å². The average molecular weight is 268 g/mol. The van der Waals surface area contributed by atoms with Gasteiger partial charge in [0, 0.05) is 0 Å². The van der Waals surface area contributed by atoms with Gasteiger partial charge in [-0.25, -0.2) is 4.98 Å². The molecule has 0 aliphatic rings. The number of amides is 1. The fraction of sp³-hybridized carbons (Fsp3) is 0.333. The average Bonchev–Trinajstić information content (AvgIpc) is 2.15. The van der Waals surface area contributed by atoms with E-state index in [9.17, 15) is 18.0 Å². The minimum Gasteiger partial charge on any atom is -0.310 e. The molecule has 0 spiro atoms. The van der Waals surface area contributed by atoms with E-state index in [0.717, 1.165) is 0 Å². The van der Waals surface area contributed by atoms with Crippen LogP contribution in [0, 0.1) is 0 Å². The van der Waals surface area contributed by atoms with Crippen molar-refractivity contribution in [3.8, 4) is 0 Å². The lowest BCUT2D eigenvalue weighted by atomic mass is 10.4. The summed E-state index contributed by atoms with van der Waals surface area (Å²) in [5.74, 6) is -0.430. The van der Waals surface area contributed by atoms with Crippen molar-refractivity contribution < 1.29 is 18.0 Å². The van der Waals surface area contributed by atoms with Crippen molar-refractivity contribution in [2.75, 3.05) is 18.4 Å². The molecule has 1 heterocycles. The summed E-state index contributed by atoms with van der Waals surface area (Å²) in [4.78, 5) is 14.9. The molecule has 0 fully saturated rings. The Kier molecular flexibility index (Phi) is 4.71. The molecule has 94 valence electrons. The molecular weight excluding hydrogens is 259 g/mol. The third-order valence-electron chi connectivity index (χ3n) is 1.59. The van der Waals surface area contributed by atoms with Gasteiger partial charge in [0.2, 0.25) is 5.91 Å². The van der Waals surface area contributed by atoms with E-state index in [1.807, 2.05) is 5.32 Å². The Morgan fingerprint density at radius 2 is 2.12 bits per heavy atom. The first-order valence-corrected chi connectivity index (χ1v) is 4.94. The third kappa shape index (κ3) is 6.08. The van der Waals surface area contributed by atoms with Gasteiger partial charge >= 0.3 is 6.18 Å². The minimum atomic E-state index is -4.34. The van der Waals surface area contributed by atoms with Crippen LogP contribution in [0.1, 0.15) is 0 Å². The van der Waals surface area contributed by atoms with Crippen molar-refractivity contribution in [1.82, 2.24) is 10.3 Å². The number of rotatable bonds is 4. The van der Waals surface area contributed by atoms with E-state index in [-0.39, 0.29) is 11.0 Å². The Morgan fingerprint density at radius 3 is 2.71 bits per heavy atom. The van der Waals surface area contributed by atoms with Crippen molar-refractivity contribution in [3.05, 3.63) is 23.4 Å². The maximum absolute atomic E-state index is 11.8. The molecule has 0 atom stereocenters. The summed E-state index contributed by atoms with van der Waals surface area (Å²) in [6.07, 6.45) is -4.34. The smallest absolute Gasteiger partial charge is 0.310 e. The van der Waals surface area contributed by atoms with Crippen molar-refractivity contribution in [2.24, 2.45) is 0 Å². The van der Waals surface area contributed by atoms with E-state index < -0.39 is 25.2 Å². The van der Waals surface area contributed by atoms with Crippen molar-refractivity contribution in [1.29, 1.82) is 0 Å². The molecule has 4 nitrogen and oxygen atoms in total. The Hall–Kier alpha value is -1.34. The normalized spacial score (nSPS) is 11.3. The highest BCUT2D eigenvalue weighted by atomic mass is 35.5. The zero-order chi connectivity index (χ0) is 12.9. The molecule has 0 aromatic carbocycles. The van der Waals surface area contributed by atoms with Crippen LogP contribution in [-0.4, -0.2) is 30.2 Å². The second-order valence-corrected chi connectivity index (χ2v) is 3.50. The fourth-order valence-electron chi connectivity index (χ4n) is 0.983. The topological polar surface area (TPSA) is 54.0 Å². The Balaban J connectivity index is 2.35. The predicted octanol–water partition coefficient (Wildman–Crippen LogP) is 1.83. The Morgan fingerprint density at radius 1 is 1.41 bits per heavy atom. The van der Waals surface area contributed by atoms with Gasteiger partial charge in [-0.15, -0.1) is 0 Å². The quantitative estimate of drug-likeness (QED) is 0.819. The first kappa shape index (κ1) is 13.7. The van der Waals surface area contributed by atoms with Crippen LogP contribution in [0.3, 0.4) is 0 Å². The molecule has 2 N–H and O–H groups in total. The number of anilines is 1. The van der Waals surface area contributed by atoms with Crippen LogP contribution in [0.2, 0.25) is 5.15 Å². The number of halogens is 4. The Bertz CT molecular complexity index is 397. The summed E-state index contributed by atoms with van der Waals surface area (Å²) in [5, 5.41) is 4.45. The monoisotopic (exact) mass is 267 g/mol. The molecule has 0 saturated carbocycles. The lowest BCUT2D eigenvalue weighted by Crippen LogP contribution is -2.35. The molecule has 0 radical (unpaired) electrons. The van der Waals surface area contributed by atoms with Crippen LogP contribution in [-0.2, 0) is 4.79 Å². The molecule has 0 unspecified atom stereocenters. The highest BCUT2D eigenvalue weighted by Gasteiger charge is 2.26. The Labute approximate surface area is 100 Å². The summed E-state index contributed by atoms with van der Waals surface area (Å²) in [7, 11) is 0. The second-order valence-electron chi connectivity index (χ2n) is 3.11. The van der Waals surface area contributed by atoms with Gasteiger partial charge in [0.1, 0.15) is 11.0 Å². The van der Waals surface area contributed by atoms with Crippen molar-refractivity contribution in [3.63, 3.8) is 0 Å². The summed E-state index contributed by atoms with van der Waals surface area (Å²) in [5.41, 5.74) is 0. The van der Waals surface area contributed by atoms with Gasteiger partial charge in [-0.3, -0.25) is 4.79 Å². The predicted molar refractivity (Wildman–Crippen MR) is 56.8 cm³/mol. The van der Waals surface area contributed by atoms with Gasteiger partial charge in [0.15, 0.2) is 0 Å². The lowest BCUT2D eigenvalue weighted by Gasteiger charge is -2.08. The number of hydrogen-bond donors (Lipinski definition) is 2. The number of aromatic nitrogens is 1. The molecule has 8 heteroatoms. The molecule has 0 aliphatic heterocycles. The van der Waals surface area contributed by atoms with Crippen LogP contribution in [0.15, 0.2) is 18.2 Å². The molecule has 1 amide bonds. The van der Waals surface area contributed by atoms with E-state index in [2.05, 4.69) is 10.3 Å². The number of nitrogens with zero attached hydrogens (tertiary/aromatic N) is 1. The lowest BCUT2D eigenvalue weighted by molar-refractivity contribution is -0.126.